The van der Waals surface area contributed by atoms with E-state index in [2.05, 4.69) is 12.1 Å². The fourth-order valence-corrected chi connectivity index (χ4v) is 1.74. The van der Waals surface area contributed by atoms with Crippen molar-refractivity contribution in [1.29, 1.82) is 0 Å². The molecule has 3 nitrogen and oxygen atoms in total. The first-order valence-electron chi connectivity index (χ1n) is 5.42. The maximum atomic E-state index is 5.54. The van der Waals surface area contributed by atoms with E-state index in [-0.39, 0.29) is 6.29 Å². The zero-order valence-corrected chi connectivity index (χ0v) is 8.82. The van der Waals surface area contributed by atoms with Gasteiger partial charge in [0.1, 0.15) is 0 Å². The normalized spacial score (nSPS) is 17.9. The molecule has 0 atom stereocenters. The molecular formula is C12H17NO2. The van der Waals surface area contributed by atoms with Gasteiger partial charge in [-0.05, 0) is 24.9 Å². The summed E-state index contributed by atoms with van der Waals surface area (Å²) in [5.74, 6) is 0. The highest BCUT2D eigenvalue weighted by Gasteiger charge is 2.16. The SMILES string of the molecule is NCCc1cccc(C2OCCCO2)c1. The topological polar surface area (TPSA) is 44.5 Å². The second kappa shape index (κ2) is 5.26. The van der Waals surface area contributed by atoms with E-state index >= 15 is 0 Å². The molecule has 1 saturated heterocycles. The van der Waals surface area contributed by atoms with Gasteiger partial charge in [-0.15, -0.1) is 0 Å². The van der Waals surface area contributed by atoms with Crippen LogP contribution in [0.5, 0.6) is 0 Å². The molecule has 0 aliphatic carbocycles. The molecule has 0 saturated carbocycles. The first kappa shape index (κ1) is 10.6. The number of nitrogens with two attached hydrogens (primary N) is 1. The van der Waals surface area contributed by atoms with Crippen molar-refractivity contribution in [2.24, 2.45) is 5.73 Å². The number of hydrogen-bond donors (Lipinski definition) is 1. The van der Waals surface area contributed by atoms with Gasteiger partial charge in [0.25, 0.3) is 0 Å². The molecule has 0 bridgehead atoms. The van der Waals surface area contributed by atoms with Gasteiger partial charge < -0.3 is 15.2 Å². The highest BCUT2D eigenvalue weighted by Crippen LogP contribution is 2.23. The quantitative estimate of drug-likeness (QED) is 0.819. The summed E-state index contributed by atoms with van der Waals surface area (Å²) < 4.78 is 11.1. The number of benzene rings is 1. The molecule has 0 spiro atoms. The Labute approximate surface area is 90.2 Å². The first-order chi connectivity index (χ1) is 7.40. The van der Waals surface area contributed by atoms with Crippen LogP contribution in [0, 0.1) is 0 Å². The molecule has 2 N–H and O–H groups in total. The predicted octanol–water partition coefficient (Wildman–Crippen LogP) is 1.62. The maximum Gasteiger partial charge on any atom is 0.183 e. The van der Waals surface area contributed by atoms with Gasteiger partial charge in [-0.3, -0.25) is 0 Å². The molecule has 1 aliphatic rings. The molecule has 2 rings (SSSR count). The van der Waals surface area contributed by atoms with Crippen molar-refractivity contribution in [3.05, 3.63) is 35.4 Å². The van der Waals surface area contributed by atoms with Crippen LogP contribution in [0.2, 0.25) is 0 Å². The Morgan fingerprint density at radius 2 is 2.07 bits per heavy atom. The Kier molecular flexibility index (Phi) is 3.72. The van der Waals surface area contributed by atoms with Crippen LogP contribution in [0.3, 0.4) is 0 Å². The molecule has 1 aromatic rings. The minimum absolute atomic E-state index is 0.184. The van der Waals surface area contributed by atoms with E-state index in [1.165, 1.54) is 5.56 Å². The zero-order chi connectivity index (χ0) is 10.5. The van der Waals surface area contributed by atoms with E-state index in [4.69, 9.17) is 15.2 Å². The fraction of sp³-hybridized carbons (Fsp3) is 0.500. The zero-order valence-electron chi connectivity index (χ0n) is 8.82. The molecule has 1 aromatic carbocycles. The van der Waals surface area contributed by atoms with Crippen molar-refractivity contribution >= 4 is 0 Å². The van der Waals surface area contributed by atoms with Gasteiger partial charge in [-0.1, -0.05) is 24.3 Å². The predicted molar refractivity (Wildman–Crippen MR) is 58.5 cm³/mol. The molecule has 3 heteroatoms. The number of rotatable bonds is 3. The van der Waals surface area contributed by atoms with Gasteiger partial charge in [0, 0.05) is 5.56 Å². The lowest BCUT2D eigenvalue weighted by Gasteiger charge is -2.23. The summed E-state index contributed by atoms with van der Waals surface area (Å²) in [5.41, 5.74) is 7.87. The van der Waals surface area contributed by atoms with E-state index < -0.39 is 0 Å². The van der Waals surface area contributed by atoms with Gasteiger partial charge in [-0.2, -0.15) is 0 Å². The van der Waals surface area contributed by atoms with Crippen molar-refractivity contribution in [3.63, 3.8) is 0 Å². The summed E-state index contributed by atoms with van der Waals surface area (Å²) in [6.45, 7) is 2.24. The van der Waals surface area contributed by atoms with Crippen molar-refractivity contribution in [2.45, 2.75) is 19.1 Å². The Morgan fingerprint density at radius 3 is 2.80 bits per heavy atom. The molecule has 1 fully saturated rings. The molecule has 0 unspecified atom stereocenters. The molecule has 1 aliphatic heterocycles. The Morgan fingerprint density at radius 1 is 1.27 bits per heavy atom. The van der Waals surface area contributed by atoms with E-state index in [1.807, 2.05) is 12.1 Å². The van der Waals surface area contributed by atoms with Crippen LogP contribution in [-0.2, 0) is 15.9 Å². The van der Waals surface area contributed by atoms with Crippen LogP contribution in [0.1, 0.15) is 23.8 Å². The fourth-order valence-electron chi connectivity index (χ4n) is 1.74. The second-order valence-electron chi connectivity index (χ2n) is 3.71. The smallest absolute Gasteiger partial charge is 0.183 e. The van der Waals surface area contributed by atoms with Gasteiger partial charge in [-0.25, -0.2) is 0 Å². The van der Waals surface area contributed by atoms with E-state index in [9.17, 15) is 0 Å². The Bertz CT molecular complexity index is 308. The molecule has 0 radical (unpaired) electrons. The monoisotopic (exact) mass is 207 g/mol. The summed E-state index contributed by atoms with van der Waals surface area (Å²) >= 11 is 0. The first-order valence-corrected chi connectivity index (χ1v) is 5.42. The summed E-state index contributed by atoms with van der Waals surface area (Å²) in [4.78, 5) is 0. The highest BCUT2D eigenvalue weighted by molar-refractivity contribution is 5.24. The summed E-state index contributed by atoms with van der Waals surface area (Å²) in [5, 5.41) is 0. The third-order valence-corrected chi connectivity index (χ3v) is 2.48. The minimum Gasteiger partial charge on any atom is -0.348 e. The third-order valence-electron chi connectivity index (χ3n) is 2.48. The third kappa shape index (κ3) is 2.78. The lowest BCUT2D eigenvalue weighted by atomic mass is 10.1. The standard InChI is InChI=1S/C12H17NO2/c13-6-5-10-3-1-4-11(9-10)12-14-7-2-8-15-12/h1,3-4,9,12H,2,5-8,13H2. The summed E-state index contributed by atoms with van der Waals surface area (Å²) in [6, 6.07) is 8.26. The van der Waals surface area contributed by atoms with E-state index in [0.717, 1.165) is 31.6 Å². The number of hydrogen-bond acceptors (Lipinski definition) is 3. The number of ether oxygens (including phenoxy) is 2. The lowest BCUT2D eigenvalue weighted by Crippen LogP contribution is -2.17. The van der Waals surface area contributed by atoms with Crippen LogP contribution in [0.25, 0.3) is 0 Å². The Balaban J connectivity index is 2.09. The van der Waals surface area contributed by atoms with Crippen LogP contribution >= 0.6 is 0 Å². The van der Waals surface area contributed by atoms with Crippen molar-refractivity contribution in [3.8, 4) is 0 Å². The lowest BCUT2D eigenvalue weighted by molar-refractivity contribution is -0.183. The molecule has 82 valence electrons. The average molecular weight is 207 g/mol. The molecule has 15 heavy (non-hydrogen) atoms. The van der Waals surface area contributed by atoms with Gasteiger partial charge in [0.05, 0.1) is 13.2 Å². The molecule has 0 amide bonds. The molecular weight excluding hydrogens is 190 g/mol. The maximum absolute atomic E-state index is 5.54. The molecule has 1 heterocycles. The molecule has 0 aromatic heterocycles. The van der Waals surface area contributed by atoms with Gasteiger partial charge >= 0.3 is 0 Å². The van der Waals surface area contributed by atoms with Crippen molar-refractivity contribution in [2.75, 3.05) is 19.8 Å². The summed E-state index contributed by atoms with van der Waals surface area (Å²) in [7, 11) is 0. The van der Waals surface area contributed by atoms with E-state index in [1.54, 1.807) is 0 Å². The van der Waals surface area contributed by atoms with Crippen LogP contribution < -0.4 is 5.73 Å². The minimum atomic E-state index is -0.184. The van der Waals surface area contributed by atoms with Crippen molar-refractivity contribution < 1.29 is 9.47 Å². The highest BCUT2D eigenvalue weighted by atomic mass is 16.7. The van der Waals surface area contributed by atoms with Crippen LogP contribution in [-0.4, -0.2) is 19.8 Å². The van der Waals surface area contributed by atoms with Crippen LogP contribution in [0.4, 0.5) is 0 Å². The van der Waals surface area contributed by atoms with Gasteiger partial charge in [0.2, 0.25) is 0 Å². The summed E-state index contributed by atoms with van der Waals surface area (Å²) in [6.07, 6.45) is 1.70. The Hall–Kier alpha value is -0.900. The van der Waals surface area contributed by atoms with Crippen LogP contribution in [0.15, 0.2) is 24.3 Å². The largest absolute Gasteiger partial charge is 0.348 e. The van der Waals surface area contributed by atoms with Crippen molar-refractivity contribution in [1.82, 2.24) is 0 Å². The average Bonchev–Trinajstić information content (AvgIpc) is 2.31. The van der Waals surface area contributed by atoms with E-state index in [0.29, 0.717) is 6.54 Å². The van der Waals surface area contributed by atoms with Gasteiger partial charge in [0.15, 0.2) is 6.29 Å². The second-order valence-corrected chi connectivity index (χ2v) is 3.71.